The Kier molecular flexibility index (Phi) is 20.2. The second-order valence-electron chi connectivity index (χ2n) is 9.31. The van der Waals surface area contributed by atoms with E-state index >= 15 is 0 Å². The molecule has 1 rings (SSSR count). The van der Waals surface area contributed by atoms with Crippen LogP contribution < -0.4 is 16.0 Å². The molecule has 0 radical (unpaired) electrons. The van der Waals surface area contributed by atoms with Crippen LogP contribution in [0.5, 0.6) is 5.75 Å². The van der Waals surface area contributed by atoms with E-state index in [1.807, 2.05) is 12.2 Å². The number of allylic oxidation sites excluding steroid dienone is 12. The predicted molar refractivity (Wildman–Crippen MR) is 169 cm³/mol. The smallest absolute Gasteiger partial charge is 0.255 e. The first-order chi connectivity index (χ1) is 20.0. The molecule has 7 nitrogen and oxygen atoms in total. The summed E-state index contributed by atoms with van der Waals surface area (Å²) in [4.78, 5) is 36.3. The van der Waals surface area contributed by atoms with Gasteiger partial charge in [0.25, 0.3) is 5.91 Å². The molecule has 3 amide bonds. The molecular weight excluding hydrogens is 514 g/mol. The number of amides is 3. The number of rotatable bonds is 20. The molecule has 0 heterocycles. The van der Waals surface area contributed by atoms with Gasteiger partial charge in [-0.2, -0.15) is 0 Å². The van der Waals surface area contributed by atoms with Gasteiger partial charge in [0, 0.05) is 19.5 Å². The van der Waals surface area contributed by atoms with E-state index < -0.39 is 11.9 Å². The van der Waals surface area contributed by atoms with Crippen LogP contribution in [0.15, 0.2) is 97.2 Å². The van der Waals surface area contributed by atoms with Gasteiger partial charge >= 0.3 is 0 Å². The van der Waals surface area contributed by atoms with Crippen LogP contribution in [-0.2, 0) is 9.59 Å². The first-order valence-corrected chi connectivity index (χ1v) is 14.5. The first-order valence-electron chi connectivity index (χ1n) is 14.5. The standard InChI is InChI=1S/C34H47N3O4/c1-3-4-5-6-7-8-9-10-11-12-13-14-15-16-17-18-19-20-21-26-32(39)35-27-28-36-33(40)29(2)37-34(41)30-24-22-23-25-31(30)38/h4-5,7-8,10-11,13-14,16-17,19-20,22-25,29,38H,3,6,9,12,15,18,21,26-28H2,1-2H3,(H,35,39)(H,36,40)(H,37,41)/b5-4-,8-7-,11-10-,14-13-,17-16-,20-19-/t29-/m0/s1. The van der Waals surface area contributed by atoms with Crippen molar-refractivity contribution in [2.24, 2.45) is 0 Å². The Morgan fingerprint density at radius 3 is 1.76 bits per heavy atom. The lowest BCUT2D eigenvalue weighted by Crippen LogP contribution is -2.46. The van der Waals surface area contributed by atoms with Crippen molar-refractivity contribution in [3.05, 3.63) is 103 Å². The highest BCUT2D eigenvalue weighted by Crippen LogP contribution is 2.15. The monoisotopic (exact) mass is 561 g/mol. The van der Waals surface area contributed by atoms with Crippen molar-refractivity contribution in [1.29, 1.82) is 0 Å². The van der Waals surface area contributed by atoms with Crippen LogP contribution in [0.4, 0.5) is 0 Å². The topological polar surface area (TPSA) is 108 Å². The first kappa shape index (κ1) is 34.9. The average Bonchev–Trinajstić information content (AvgIpc) is 2.96. The SMILES string of the molecule is CC/C=C\C/C=C\C/C=C\C/C=C\C/C=C\C/C=C\CCC(=O)NCCNC(=O)[C@H](C)NC(=O)c1ccccc1O. The lowest BCUT2D eigenvalue weighted by atomic mass is 10.1. The molecule has 0 aromatic heterocycles. The van der Waals surface area contributed by atoms with Crippen LogP contribution in [0.2, 0.25) is 0 Å². The number of para-hydroxylation sites is 1. The van der Waals surface area contributed by atoms with Gasteiger partial charge in [0.05, 0.1) is 5.56 Å². The molecule has 0 saturated carbocycles. The Morgan fingerprint density at radius 2 is 1.22 bits per heavy atom. The summed E-state index contributed by atoms with van der Waals surface area (Å²) in [5, 5.41) is 17.7. The van der Waals surface area contributed by atoms with Crippen LogP contribution >= 0.6 is 0 Å². The lowest BCUT2D eigenvalue weighted by Gasteiger charge is -2.14. The van der Waals surface area contributed by atoms with Crippen molar-refractivity contribution in [2.45, 2.75) is 71.3 Å². The quantitative estimate of drug-likeness (QED) is 0.112. The number of carbonyl (C=O) groups excluding carboxylic acids is 3. The van der Waals surface area contributed by atoms with Crippen LogP contribution in [0.3, 0.4) is 0 Å². The fourth-order valence-corrected chi connectivity index (χ4v) is 3.49. The maximum atomic E-state index is 12.2. The van der Waals surface area contributed by atoms with Gasteiger partial charge in [-0.3, -0.25) is 14.4 Å². The number of hydrogen-bond donors (Lipinski definition) is 4. The molecule has 4 N–H and O–H groups in total. The molecule has 1 aromatic carbocycles. The molecule has 222 valence electrons. The average molecular weight is 562 g/mol. The molecule has 0 saturated heterocycles. The summed E-state index contributed by atoms with van der Waals surface area (Å²) < 4.78 is 0. The third-order valence-corrected chi connectivity index (χ3v) is 5.77. The second-order valence-corrected chi connectivity index (χ2v) is 9.31. The molecule has 1 aromatic rings. The fraction of sp³-hybridized carbons (Fsp3) is 0.382. The van der Waals surface area contributed by atoms with Crippen molar-refractivity contribution >= 4 is 17.7 Å². The Bertz CT molecular complexity index is 1080. The van der Waals surface area contributed by atoms with E-state index in [0.29, 0.717) is 19.4 Å². The maximum Gasteiger partial charge on any atom is 0.255 e. The third-order valence-electron chi connectivity index (χ3n) is 5.77. The molecule has 0 aliphatic heterocycles. The van der Waals surface area contributed by atoms with Gasteiger partial charge in [-0.25, -0.2) is 0 Å². The summed E-state index contributed by atoms with van der Waals surface area (Å²) in [5.74, 6) is -1.14. The molecule has 7 heteroatoms. The van der Waals surface area contributed by atoms with E-state index in [-0.39, 0.29) is 29.7 Å². The van der Waals surface area contributed by atoms with E-state index in [9.17, 15) is 19.5 Å². The molecule has 0 fully saturated rings. The number of nitrogens with one attached hydrogen (secondary N) is 3. The molecule has 0 unspecified atom stereocenters. The molecule has 0 aliphatic rings. The van der Waals surface area contributed by atoms with E-state index in [4.69, 9.17) is 0 Å². The van der Waals surface area contributed by atoms with Gasteiger partial charge < -0.3 is 21.1 Å². The van der Waals surface area contributed by atoms with Crippen LogP contribution in [0, 0.1) is 0 Å². The van der Waals surface area contributed by atoms with Crippen molar-refractivity contribution < 1.29 is 19.5 Å². The molecule has 0 bridgehead atoms. The molecular formula is C34H47N3O4. The van der Waals surface area contributed by atoms with Gasteiger partial charge in [-0.05, 0) is 64.0 Å². The van der Waals surface area contributed by atoms with Gasteiger partial charge in [0.2, 0.25) is 11.8 Å². The predicted octanol–water partition coefficient (Wildman–Crippen LogP) is 6.22. The number of hydrogen-bond acceptors (Lipinski definition) is 4. The number of phenols is 1. The molecule has 0 spiro atoms. The molecule has 1 atom stereocenters. The number of carbonyl (C=O) groups is 3. The Balaban J connectivity index is 2.04. The van der Waals surface area contributed by atoms with Crippen LogP contribution in [-0.4, -0.2) is 42.0 Å². The van der Waals surface area contributed by atoms with Crippen molar-refractivity contribution in [3.8, 4) is 5.75 Å². The normalized spacial score (nSPS) is 12.8. The zero-order valence-corrected chi connectivity index (χ0v) is 24.6. The highest BCUT2D eigenvalue weighted by molar-refractivity contribution is 5.99. The maximum absolute atomic E-state index is 12.2. The summed E-state index contributed by atoms with van der Waals surface area (Å²) in [6.07, 6.45) is 32.6. The molecule has 0 aliphatic carbocycles. The summed E-state index contributed by atoms with van der Waals surface area (Å²) in [5.41, 5.74) is 0.103. The van der Waals surface area contributed by atoms with Crippen LogP contribution in [0.25, 0.3) is 0 Å². The zero-order chi connectivity index (χ0) is 30.0. The second kappa shape index (κ2) is 23.7. The van der Waals surface area contributed by atoms with E-state index in [0.717, 1.165) is 38.5 Å². The largest absolute Gasteiger partial charge is 0.507 e. The number of benzene rings is 1. The highest BCUT2D eigenvalue weighted by Gasteiger charge is 2.18. The minimum absolute atomic E-state index is 0.0836. The van der Waals surface area contributed by atoms with Gasteiger partial charge in [0.1, 0.15) is 11.8 Å². The Labute approximate surface area is 245 Å². The Morgan fingerprint density at radius 1 is 0.732 bits per heavy atom. The van der Waals surface area contributed by atoms with E-state index in [2.05, 4.69) is 83.6 Å². The number of aromatic hydroxyl groups is 1. The zero-order valence-electron chi connectivity index (χ0n) is 24.6. The minimum Gasteiger partial charge on any atom is -0.507 e. The van der Waals surface area contributed by atoms with Gasteiger partial charge in [0.15, 0.2) is 0 Å². The van der Waals surface area contributed by atoms with Crippen LogP contribution in [0.1, 0.15) is 75.6 Å². The van der Waals surface area contributed by atoms with Crippen molar-refractivity contribution in [1.82, 2.24) is 16.0 Å². The Hall–Kier alpha value is -4.13. The summed E-state index contributed by atoms with van der Waals surface area (Å²) >= 11 is 0. The lowest BCUT2D eigenvalue weighted by molar-refractivity contribution is -0.123. The van der Waals surface area contributed by atoms with Gasteiger partial charge in [-0.15, -0.1) is 0 Å². The fourth-order valence-electron chi connectivity index (χ4n) is 3.49. The van der Waals surface area contributed by atoms with Gasteiger partial charge in [-0.1, -0.05) is 92.0 Å². The summed E-state index contributed by atoms with van der Waals surface area (Å²) in [7, 11) is 0. The van der Waals surface area contributed by atoms with Crippen molar-refractivity contribution in [2.75, 3.05) is 13.1 Å². The third kappa shape index (κ3) is 18.7. The number of phenolic OH excluding ortho intramolecular Hbond substituents is 1. The highest BCUT2D eigenvalue weighted by atomic mass is 16.3. The van der Waals surface area contributed by atoms with E-state index in [1.54, 1.807) is 19.1 Å². The van der Waals surface area contributed by atoms with Crippen molar-refractivity contribution in [3.63, 3.8) is 0 Å². The summed E-state index contributed by atoms with van der Waals surface area (Å²) in [6.45, 7) is 4.25. The van der Waals surface area contributed by atoms with E-state index in [1.165, 1.54) is 12.1 Å². The minimum atomic E-state index is -0.786. The summed E-state index contributed by atoms with van der Waals surface area (Å²) in [6, 6.07) is 5.34. The molecule has 41 heavy (non-hydrogen) atoms.